The molecule has 0 heterocycles. The van der Waals surface area contributed by atoms with Crippen molar-refractivity contribution in [3.63, 3.8) is 0 Å². The van der Waals surface area contributed by atoms with Crippen molar-refractivity contribution >= 4 is 0 Å². The van der Waals surface area contributed by atoms with Crippen LogP contribution in [0.4, 0.5) is 13.2 Å². The third-order valence-electron chi connectivity index (χ3n) is 2.54. The quantitative estimate of drug-likeness (QED) is 0.685. The standard InChI is InChI=1S/C13H16F3/c1-8(2)10-5-11(9(3)4)7-12(6-10)13(14,15)16/h5-9H,1H2,2-4H3. The zero-order valence-corrected chi connectivity index (χ0v) is 9.73. The zero-order chi connectivity index (χ0) is 12.5. The Hall–Kier alpha value is -0.990. The minimum absolute atomic E-state index is 0.0831. The van der Waals surface area contributed by atoms with Crippen LogP contribution in [0.25, 0.3) is 0 Å². The smallest absolute Gasteiger partial charge is 0.166 e. The van der Waals surface area contributed by atoms with Gasteiger partial charge in [-0.1, -0.05) is 26.8 Å². The lowest BCUT2D eigenvalue weighted by Crippen LogP contribution is -2.07. The molecule has 0 fully saturated rings. The van der Waals surface area contributed by atoms with Gasteiger partial charge >= 0.3 is 6.18 Å². The van der Waals surface area contributed by atoms with Crippen LogP contribution < -0.4 is 0 Å². The summed E-state index contributed by atoms with van der Waals surface area (Å²) in [6.07, 6.45) is -4.28. The largest absolute Gasteiger partial charge is 0.416 e. The van der Waals surface area contributed by atoms with Crippen LogP contribution in [0.5, 0.6) is 0 Å². The van der Waals surface area contributed by atoms with Gasteiger partial charge in [-0.3, -0.25) is 0 Å². The molecule has 0 N–H and O–H groups in total. The summed E-state index contributed by atoms with van der Waals surface area (Å²) in [7, 11) is 0. The number of hydrogen-bond acceptors (Lipinski definition) is 0. The fourth-order valence-corrected chi connectivity index (χ4v) is 1.46. The van der Waals surface area contributed by atoms with Crippen molar-refractivity contribution in [2.24, 2.45) is 0 Å². The fraction of sp³-hybridized carbons (Fsp3) is 0.462. The molecule has 0 nitrogen and oxygen atoms in total. The van der Waals surface area contributed by atoms with Gasteiger partial charge in [0, 0.05) is 0 Å². The van der Waals surface area contributed by atoms with Gasteiger partial charge in [0.2, 0.25) is 0 Å². The van der Waals surface area contributed by atoms with Gasteiger partial charge in [0.25, 0.3) is 0 Å². The molecular formula is C13H16F3. The van der Waals surface area contributed by atoms with E-state index in [1.54, 1.807) is 13.0 Å². The Kier molecular flexibility index (Phi) is 3.66. The average molecular weight is 229 g/mol. The van der Waals surface area contributed by atoms with Crippen LogP contribution in [0.2, 0.25) is 0 Å². The lowest BCUT2D eigenvalue weighted by Gasteiger charge is -2.15. The topological polar surface area (TPSA) is 0 Å². The van der Waals surface area contributed by atoms with Crippen molar-refractivity contribution < 1.29 is 13.2 Å². The first kappa shape index (κ1) is 13.1. The van der Waals surface area contributed by atoms with Crippen LogP contribution in [-0.2, 0) is 6.18 Å². The summed E-state index contributed by atoms with van der Waals surface area (Å²) >= 11 is 0. The Balaban J connectivity index is 3.30. The van der Waals surface area contributed by atoms with Crippen molar-refractivity contribution in [3.05, 3.63) is 41.8 Å². The number of alkyl halides is 3. The Morgan fingerprint density at radius 3 is 1.88 bits per heavy atom. The number of rotatable bonds is 2. The van der Waals surface area contributed by atoms with E-state index < -0.39 is 11.7 Å². The summed E-state index contributed by atoms with van der Waals surface area (Å²) in [6.45, 7) is 9.32. The predicted molar refractivity (Wildman–Crippen MR) is 59.3 cm³/mol. The maximum atomic E-state index is 12.7. The van der Waals surface area contributed by atoms with E-state index >= 15 is 0 Å². The van der Waals surface area contributed by atoms with E-state index in [1.807, 2.05) is 13.8 Å². The van der Waals surface area contributed by atoms with E-state index in [0.717, 1.165) is 0 Å². The molecule has 1 aromatic rings. The number of benzene rings is 1. The molecule has 89 valence electrons. The maximum absolute atomic E-state index is 12.7. The van der Waals surface area contributed by atoms with Gasteiger partial charge in [-0.2, -0.15) is 13.2 Å². The highest BCUT2D eigenvalue weighted by Gasteiger charge is 2.31. The molecule has 0 amide bonds. The Bertz CT molecular complexity index is 336. The summed E-state index contributed by atoms with van der Waals surface area (Å²) in [5.74, 6) is -0.0559. The SMILES string of the molecule is [CH2]C(C)c1cc(C(C)C)cc(C(F)(F)F)c1. The summed E-state index contributed by atoms with van der Waals surface area (Å²) < 4.78 is 38.0. The minimum Gasteiger partial charge on any atom is -0.166 e. The second-order valence-corrected chi connectivity index (χ2v) is 4.44. The fourth-order valence-electron chi connectivity index (χ4n) is 1.46. The van der Waals surface area contributed by atoms with Crippen molar-refractivity contribution in [2.75, 3.05) is 0 Å². The van der Waals surface area contributed by atoms with Gasteiger partial charge in [-0.15, -0.1) is 0 Å². The Morgan fingerprint density at radius 1 is 1.00 bits per heavy atom. The summed E-state index contributed by atoms with van der Waals surface area (Å²) in [5.41, 5.74) is 0.767. The third-order valence-corrected chi connectivity index (χ3v) is 2.54. The molecule has 1 radical (unpaired) electrons. The monoisotopic (exact) mass is 229 g/mol. The van der Waals surface area contributed by atoms with Gasteiger partial charge in [0.1, 0.15) is 0 Å². The molecule has 1 rings (SSSR count). The highest BCUT2D eigenvalue weighted by Crippen LogP contribution is 2.33. The highest BCUT2D eigenvalue weighted by atomic mass is 19.4. The molecule has 0 saturated carbocycles. The van der Waals surface area contributed by atoms with Gasteiger partial charge in [0.05, 0.1) is 5.56 Å². The van der Waals surface area contributed by atoms with Gasteiger partial charge in [-0.25, -0.2) is 0 Å². The lowest BCUT2D eigenvalue weighted by molar-refractivity contribution is -0.137. The normalized spacial score (nSPS) is 12.6. The van der Waals surface area contributed by atoms with Gasteiger partial charge in [-0.05, 0) is 42.0 Å². The van der Waals surface area contributed by atoms with E-state index in [0.29, 0.717) is 11.1 Å². The van der Waals surface area contributed by atoms with Crippen LogP contribution in [0.1, 0.15) is 49.3 Å². The molecule has 16 heavy (non-hydrogen) atoms. The average Bonchev–Trinajstić information content (AvgIpc) is 2.15. The summed E-state index contributed by atoms with van der Waals surface area (Å²) in [5, 5.41) is 0. The zero-order valence-electron chi connectivity index (χ0n) is 9.73. The third kappa shape index (κ3) is 3.00. The molecule has 0 aliphatic carbocycles. The van der Waals surface area contributed by atoms with Crippen LogP contribution in [0.15, 0.2) is 18.2 Å². The molecule has 1 aromatic carbocycles. The Labute approximate surface area is 94.5 Å². The minimum atomic E-state index is -4.28. The lowest BCUT2D eigenvalue weighted by atomic mass is 9.93. The highest BCUT2D eigenvalue weighted by molar-refractivity contribution is 5.35. The Morgan fingerprint density at radius 2 is 1.50 bits per heavy atom. The maximum Gasteiger partial charge on any atom is 0.416 e. The molecule has 1 unspecified atom stereocenters. The number of halogens is 3. The van der Waals surface area contributed by atoms with Gasteiger partial charge < -0.3 is 0 Å². The van der Waals surface area contributed by atoms with Crippen LogP contribution in [0.3, 0.4) is 0 Å². The number of hydrogen-bond donors (Lipinski definition) is 0. The molecule has 0 saturated heterocycles. The van der Waals surface area contributed by atoms with E-state index in [-0.39, 0.29) is 11.8 Å². The molecular weight excluding hydrogens is 213 g/mol. The van der Waals surface area contributed by atoms with E-state index in [4.69, 9.17) is 0 Å². The molecule has 0 aliphatic rings. The molecule has 0 bridgehead atoms. The van der Waals surface area contributed by atoms with Crippen LogP contribution >= 0.6 is 0 Å². The second kappa shape index (κ2) is 4.48. The molecule has 1 atom stereocenters. The molecule has 0 aromatic heterocycles. The second-order valence-electron chi connectivity index (χ2n) is 4.44. The van der Waals surface area contributed by atoms with Crippen molar-refractivity contribution in [1.82, 2.24) is 0 Å². The first-order valence-corrected chi connectivity index (χ1v) is 5.27. The molecule has 3 heteroatoms. The van der Waals surface area contributed by atoms with Crippen molar-refractivity contribution in [3.8, 4) is 0 Å². The molecule has 0 spiro atoms. The van der Waals surface area contributed by atoms with Crippen molar-refractivity contribution in [2.45, 2.75) is 38.8 Å². The molecule has 0 aliphatic heterocycles. The van der Waals surface area contributed by atoms with Crippen LogP contribution in [0, 0.1) is 6.92 Å². The van der Waals surface area contributed by atoms with Gasteiger partial charge in [0.15, 0.2) is 0 Å². The predicted octanol–water partition coefficient (Wildman–Crippen LogP) is 4.77. The van der Waals surface area contributed by atoms with Crippen LogP contribution in [-0.4, -0.2) is 0 Å². The van der Waals surface area contributed by atoms with Crippen molar-refractivity contribution in [1.29, 1.82) is 0 Å². The first-order chi connectivity index (χ1) is 7.21. The summed E-state index contributed by atoms with van der Waals surface area (Å²) in [4.78, 5) is 0. The summed E-state index contributed by atoms with van der Waals surface area (Å²) in [6, 6.07) is 4.21. The first-order valence-electron chi connectivity index (χ1n) is 5.27. The van der Waals surface area contributed by atoms with E-state index in [1.165, 1.54) is 12.1 Å². The van der Waals surface area contributed by atoms with E-state index in [2.05, 4.69) is 6.92 Å². The van der Waals surface area contributed by atoms with E-state index in [9.17, 15) is 13.2 Å².